The summed E-state index contributed by atoms with van der Waals surface area (Å²) in [7, 11) is 1.54. The summed E-state index contributed by atoms with van der Waals surface area (Å²) in [6, 6.07) is 30.3. The van der Waals surface area contributed by atoms with Crippen molar-refractivity contribution in [3.63, 3.8) is 0 Å². The number of hydrogen-bond donors (Lipinski definition) is 3. The molecule has 40 heavy (non-hydrogen) atoms. The molecule has 0 fully saturated rings. The molecule has 0 heterocycles. The number of methoxy groups -OCH3 is 1. The van der Waals surface area contributed by atoms with Crippen LogP contribution in [0.25, 0.3) is 6.08 Å². The van der Waals surface area contributed by atoms with Crippen molar-refractivity contribution in [2.24, 2.45) is 0 Å². The number of thioether (sulfide) groups is 1. The van der Waals surface area contributed by atoms with Crippen molar-refractivity contribution in [2.75, 3.05) is 23.5 Å². The molecule has 0 aromatic heterocycles. The molecule has 0 aliphatic heterocycles. The van der Waals surface area contributed by atoms with Crippen LogP contribution in [0.5, 0.6) is 5.75 Å². The normalized spacial score (nSPS) is 10.9. The summed E-state index contributed by atoms with van der Waals surface area (Å²) in [6.45, 7) is 0. The maximum absolute atomic E-state index is 13.4. The second-order valence-corrected chi connectivity index (χ2v) is 10.4. The number of anilines is 2. The minimum absolute atomic E-state index is 0.0466. The first-order valence-electron chi connectivity index (χ1n) is 12.2. The van der Waals surface area contributed by atoms with Gasteiger partial charge >= 0.3 is 0 Å². The summed E-state index contributed by atoms with van der Waals surface area (Å²) in [5.74, 6) is -0.322. The second-order valence-electron chi connectivity index (χ2n) is 8.45. The molecule has 0 saturated carbocycles. The summed E-state index contributed by atoms with van der Waals surface area (Å²) in [5, 5.41) is 8.43. The summed E-state index contributed by atoms with van der Waals surface area (Å²) >= 11 is 4.72. The van der Waals surface area contributed by atoms with Crippen LogP contribution in [0.3, 0.4) is 0 Å². The molecular weight excluding hydrogens is 590 g/mol. The minimum Gasteiger partial charge on any atom is -0.496 e. The van der Waals surface area contributed by atoms with E-state index in [1.165, 1.54) is 18.9 Å². The van der Waals surface area contributed by atoms with Crippen LogP contribution in [0, 0.1) is 0 Å². The van der Waals surface area contributed by atoms with Gasteiger partial charge in [-0.25, -0.2) is 0 Å². The van der Waals surface area contributed by atoms with Crippen molar-refractivity contribution in [1.82, 2.24) is 5.32 Å². The van der Waals surface area contributed by atoms with E-state index in [0.717, 1.165) is 9.37 Å². The first-order valence-corrected chi connectivity index (χ1v) is 14.0. The number of carbonyl (C=O) groups excluding carboxylic acids is 3. The number of halogens is 1. The molecule has 0 saturated heterocycles. The van der Waals surface area contributed by atoms with Gasteiger partial charge in [-0.3, -0.25) is 14.4 Å². The Kier molecular flexibility index (Phi) is 10.1. The van der Waals surface area contributed by atoms with Gasteiger partial charge in [-0.2, -0.15) is 0 Å². The highest BCUT2D eigenvalue weighted by Crippen LogP contribution is 2.24. The zero-order chi connectivity index (χ0) is 28.3. The summed E-state index contributed by atoms with van der Waals surface area (Å²) in [6.07, 6.45) is 1.57. The van der Waals surface area contributed by atoms with Gasteiger partial charge in [-0.1, -0.05) is 58.4 Å². The van der Waals surface area contributed by atoms with E-state index >= 15 is 0 Å². The fourth-order valence-corrected chi connectivity index (χ4v) is 4.64. The molecule has 3 N–H and O–H groups in total. The highest BCUT2D eigenvalue weighted by molar-refractivity contribution is 9.10. The Morgan fingerprint density at radius 2 is 1.55 bits per heavy atom. The molecule has 0 spiro atoms. The Labute approximate surface area is 245 Å². The van der Waals surface area contributed by atoms with Crippen LogP contribution >= 0.6 is 27.7 Å². The zero-order valence-corrected chi connectivity index (χ0v) is 23.9. The average Bonchev–Trinajstić information content (AvgIpc) is 2.98. The van der Waals surface area contributed by atoms with Gasteiger partial charge in [-0.05, 0) is 66.7 Å². The molecule has 3 amide bonds. The van der Waals surface area contributed by atoms with Gasteiger partial charge in [0.2, 0.25) is 5.91 Å². The average molecular weight is 617 g/mol. The monoisotopic (exact) mass is 615 g/mol. The first-order chi connectivity index (χ1) is 19.4. The standard InChI is InChI=1S/C31H26BrN3O4S/c1-39-28-13-6-5-10-22(28)18-27(35-30(37)21-8-3-2-4-9-21)31(38)34-25-11-7-12-26(19-25)40-20-29(36)33-24-16-14-23(32)15-17-24/h2-19H,20H2,1H3,(H,33,36)(H,34,38)(H,35,37)/b27-18+. The van der Waals surface area contributed by atoms with Gasteiger partial charge in [0.25, 0.3) is 11.8 Å². The van der Waals surface area contributed by atoms with Crippen molar-refractivity contribution in [3.05, 3.63) is 124 Å². The Balaban J connectivity index is 1.47. The molecule has 0 unspecified atom stereocenters. The number of carbonyl (C=O) groups is 3. The molecule has 0 aliphatic carbocycles. The van der Waals surface area contributed by atoms with E-state index in [0.29, 0.717) is 28.3 Å². The molecule has 0 atom stereocenters. The number of ether oxygens (including phenoxy) is 1. The molecule has 0 aliphatic rings. The zero-order valence-electron chi connectivity index (χ0n) is 21.5. The van der Waals surface area contributed by atoms with Crippen LogP contribution in [0.2, 0.25) is 0 Å². The molecule has 202 valence electrons. The van der Waals surface area contributed by atoms with Gasteiger partial charge < -0.3 is 20.7 Å². The van der Waals surface area contributed by atoms with E-state index in [1.807, 2.05) is 48.5 Å². The van der Waals surface area contributed by atoms with Crippen LogP contribution in [-0.4, -0.2) is 30.6 Å². The van der Waals surface area contributed by atoms with Crippen LogP contribution in [-0.2, 0) is 9.59 Å². The van der Waals surface area contributed by atoms with Gasteiger partial charge in [-0.15, -0.1) is 11.8 Å². The second kappa shape index (κ2) is 14.2. The molecule has 9 heteroatoms. The maximum atomic E-state index is 13.4. The summed E-state index contributed by atoms with van der Waals surface area (Å²) in [5.41, 5.74) is 2.32. The van der Waals surface area contributed by atoms with Crippen LogP contribution in [0.15, 0.2) is 118 Å². The topological polar surface area (TPSA) is 96.5 Å². The van der Waals surface area contributed by atoms with Crippen molar-refractivity contribution >= 4 is 62.9 Å². The van der Waals surface area contributed by atoms with E-state index in [2.05, 4.69) is 31.9 Å². The van der Waals surface area contributed by atoms with Gasteiger partial charge in [0, 0.05) is 31.9 Å². The lowest BCUT2D eigenvalue weighted by molar-refractivity contribution is -0.114. The quantitative estimate of drug-likeness (QED) is 0.138. The lowest BCUT2D eigenvalue weighted by Gasteiger charge is -2.13. The maximum Gasteiger partial charge on any atom is 0.272 e. The number of amides is 3. The third-order valence-electron chi connectivity index (χ3n) is 5.56. The van der Waals surface area contributed by atoms with E-state index in [9.17, 15) is 14.4 Å². The molecule has 4 aromatic carbocycles. The van der Waals surface area contributed by atoms with E-state index in [1.54, 1.807) is 60.7 Å². The van der Waals surface area contributed by atoms with Crippen molar-refractivity contribution < 1.29 is 19.1 Å². The Morgan fingerprint density at radius 3 is 2.30 bits per heavy atom. The van der Waals surface area contributed by atoms with E-state index < -0.39 is 11.8 Å². The smallest absolute Gasteiger partial charge is 0.272 e. The highest BCUT2D eigenvalue weighted by atomic mass is 79.9. The lowest BCUT2D eigenvalue weighted by Crippen LogP contribution is -2.30. The predicted molar refractivity (Wildman–Crippen MR) is 163 cm³/mol. The molecule has 7 nitrogen and oxygen atoms in total. The van der Waals surface area contributed by atoms with Crippen LogP contribution < -0.4 is 20.7 Å². The number of nitrogens with one attached hydrogen (secondary N) is 3. The molecule has 4 rings (SSSR count). The molecular formula is C31H26BrN3O4S. The largest absolute Gasteiger partial charge is 0.496 e. The Hall–Kier alpha value is -4.34. The van der Waals surface area contributed by atoms with Crippen LogP contribution in [0.1, 0.15) is 15.9 Å². The third-order valence-corrected chi connectivity index (χ3v) is 7.08. The summed E-state index contributed by atoms with van der Waals surface area (Å²) in [4.78, 5) is 39.5. The number of benzene rings is 4. The summed E-state index contributed by atoms with van der Waals surface area (Å²) < 4.78 is 6.34. The Morgan fingerprint density at radius 1 is 0.825 bits per heavy atom. The molecule has 0 bridgehead atoms. The number of rotatable bonds is 10. The van der Waals surface area contributed by atoms with Gasteiger partial charge in [0.15, 0.2) is 0 Å². The van der Waals surface area contributed by atoms with E-state index in [4.69, 9.17) is 4.74 Å². The number of para-hydroxylation sites is 1. The van der Waals surface area contributed by atoms with Crippen molar-refractivity contribution in [3.8, 4) is 5.75 Å². The van der Waals surface area contributed by atoms with Crippen LogP contribution in [0.4, 0.5) is 11.4 Å². The minimum atomic E-state index is -0.509. The predicted octanol–water partition coefficient (Wildman–Crippen LogP) is 6.60. The van der Waals surface area contributed by atoms with Crippen molar-refractivity contribution in [2.45, 2.75) is 4.90 Å². The third kappa shape index (κ3) is 8.33. The van der Waals surface area contributed by atoms with Gasteiger partial charge in [0.1, 0.15) is 11.4 Å². The lowest BCUT2D eigenvalue weighted by atomic mass is 10.1. The highest BCUT2D eigenvalue weighted by Gasteiger charge is 2.16. The number of hydrogen-bond acceptors (Lipinski definition) is 5. The van der Waals surface area contributed by atoms with E-state index in [-0.39, 0.29) is 17.4 Å². The van der Waals surface area contributed by atoms with Gasteiger partial charge in [0.05, 0.1) is 12.9 Å². The fraction of sp³-hybridized carbons (Fsp3) is 0.0645. The molecule has 0 radical (unpaired) electrons. The fourth-order valence-electron chi connectivity index (χ4n) is 3.62. The molecule has 4 aromatic rings. The Bertz CT molecular complexity index is 1530. The van der Waals surface area contributed by atoms with Crippen molar-refractivity contribution in [1.29, 1.82) is 0 Å². The first kappa shape index (κ1) is 28.7. The SMILES string of the molecule is COc1ccccc1/C=C(/NC(=O)c1ccccc1)C(=O)Nc1cccc(SCC(=O)Nc2ccc(Br)cc2)c1.